The van der Waals surface area contributed by atoms with Crippen molar-refractivity contribution in [3.05, 3.63) is 24.3 Å². The molecule has 5 nitrogen and oxygen atoms in total. The summed E-state index contributed by atoms with van der Waals surface area (Å²) in [6.07, 6.45) is 1.73. The van der Waals surface area contributed by atoms with Crippen molar-refractivity contribution in [3.63, 3.8) is 0 Å². The summed E-state index contributed by atoms with van der Waals surface area (Å²) < 4.78 is 36.1. The molecule has 2 rings (SSSR count). The number of sulfonamides is 1. The Morgan fingerprint density at radius 1 is 1.32 bits per heavy atom. The molecule has 106 valence electrons. The third-order valence-electron chi connectivity index (χ3n) is 2.92. The molecule has 0 bridgehead atoms. The van der Waals surface area contributed by atoms with Gasteiger partial charge >= 0.3 is 0 Å². The maximum Gasteiger partial charge on any atom is 0.211 e. The average molecular weight is 285 g/mol. The standard InChI is InChI=1S/C13H19NO4S/c1-3-8-14(19(2,15)16)9-11-10-17-12-6-4-5-7-13(12)18-11/h4-7,11H,3,8-10H2,1-2H3. The lowest BCUT2D eigenvalue weighted by molar-refractivity contribution is 0.0765. The van der Waals surface area contributed by atoms with Gasteiger partial charge in [0.25, 0.3) is 0 Å². The van der Waals surface area contributed by atoms with Gasteiger partial charge in [-0.2, -0.15) is 4.31 Å². The van der Waals surface area contributed by atoms with Gasteiger partial charge in [0.2, 0.25) is 10.0 Å². The van der Waals surface area contributed by atoms with E-state index in [1.807, 2.05) is 31.2 Å². The number of ether oxygens (including phenoxy) is 2. The highest BCUT2D eigenvalue weighted by Gasteiger charge is 2.26. The van der Waals surface area contributed by atoms with E-state index >= 15 is 0 Å². The quantitative estimate of drug-likeness (QED) is 0.822. The molecule has 6 heteroatoms. The zero-order valence-corrected chi connectivity index (χ0v) is 12.0. The Labute approximate surface area is 114 Å². The second kappa shape index (κ2) is 5.79. The van der Waals surface area contributed by atoms with E-state index in [2.05, 4.69) is 0 Å². The number of hydrogen-bond acceptors (Lipinski definition) is 4. The van der Waals surface area contributed by atoms with Crippen LogP contribution >= 0.6 is 0 Å². The molecular weight excluding hydrogens is 266 g/mol. The maximum atomic E-state index is 11.7. The second-order valence-corrected chi connectivity index (χ2v) is 6.60. The van der Waals surface area contributed by atoms with E-state index in [1.54, 1.807) is 0 Å². The van der Waals surface area contributed by atoms with E-state index in [-0.39, 0.29) is 6.10 Å². The monoisotopic (exact) mass is 285 g/mol. The van der Waals surface area contributed by atoms with Gasteiger partial charge in [0.1, 0.15) is 12.7 Å². The van der Waals surface area contributed by atoms with Gasteiger partial charge in [-0.25, -0.2) is 8.42 Å². The van der Waals surface area contributed by atoms with E-state index in [9.17, 15) is 8.42 Å². The summed E-state index contributed by atoms with van der Waals surface area (Å²) in [5, 5.41) is 0. The van der Waals surface area contributed by atoms with Crippen LogP contribution in [0.5, 0.6) is 11.5 Å². The lowest BCUT2D eigenvalue weighted by atomic mass is 10.2. The van der Waals surface area contributed by atoms with Crippen LogP contribution in [-0.4, -0.2) is 44.8 Å². The third kappa shape index (κ3) is 3.61. The second-order valence-electron chi connectivity index (χ2n) is 4.62. The Morgan fingerprint density at radius 2 is 2.00 bits per heavy atom. The Balaban J connectivity index is 2.05. The predicted molar refractivity (Wildman–Crippen MR) is 73.1 cm³/mol. The fraction of sp³-hybridized carbons (Fsp3) is 0.538. The molecule has 0 aromatic heterocycles. The highest BCUT2D eigenvalue weighted by Crippen LogP contribution is 2.31. The number of benzene rings is 1. The summed E-state index contributed by atoms with van der Waals surface area (Å²) in [6.45, 7) is 3.14. The molecule has 0 aliphatic carbocycles. The summed E-state index contributed by atoms with van der Waals surface area (Å²) in [4.78, 5) is 0. The minimum absolute atomic E-state index is 0.267. The van der Waals surface area contributed by atoms with Crippen molar-refractivity contribution in [2.24, 2.45) is 0 Å². The van der Waals surface area contributed by atoms with Crippen LogP contribution in [0.1, 0.15) is 13.3 Å². The van der Waals surface area contributed by atoms with Crippen molar-refractivity contribution in [1.82, 2.24) is 4.31 Å². The van der Waals surface area contributed by atoms with Gasteiger partial charge in [0, 0.05) is 6.54 Å². The van der Waals surface area contributed by atoms with Crippen LogP contribution in [0.3, 0.4) is 0 Å². The van der Waals surface area contributed by atoms with Gasteiger partial charge in [-0.1, -0.05) is 19.1 Å². The topological polar surface area (TPSA) is 55.8 Å². The fourth-order valence-corrected chi connectivity index (χ4v) is 2.97. The van der Waals surface area contributed by atoms with Crippen LogP contribution in [0.25, 0.3) is 0 Å². The molecule has 0 saturated heterocycles. The number of fused-ring (bicyclic) bond motifs is 1. The summed E-state index contributed by atoms with van der Waals surface area (Å²) in [5.41, 5.74) is 0. The number of rotatable bonds is 5. The first kappa shape index (κ1) is 14.1. The smallest absolute Gasteiger partial charge is 0.211 e. The molecule has 0 spiro atoms. The molecule has 0 saturated carbocycles. The maximum absolute atomic E-state index is 11.7. The Hall–Kier alpha value is -1.27. The molecule has 1 unspecified atom stereocenters. The molecule has 1 aliphatic rings. The number of hydrogen-bond donors (Lipinski definition) is 0. The van der Waals surface area contributed by atoms with Crippen molar-refractivity contribution in [2.75, 3.05) is 26.0 Å². The van der Waals surface area contributed by atoms with Crippen LogP contribution in [0.4, 0.5) is 0 Å². The zero-order valence-electron chi connectivity index (χ0n) is 11.2. The minimum Gasteiger partial charge on any atom is -0.486 e. The molecule has 0 N–H and O–H groups in total. The summed E-state index contributed by atoms with van der Waals surface area (Å²) >= 11 is 0. The van der Waals surface area contributed by atoms with E-state index < -0.39 is 10.0 Å². The van der Waals surface area contributed by atoms with Gasteiger partial charge in [-0.05, 0) is 18.6 Å². The van der Waals surface area contributed by atoms with Gasteiger partial charge in [0.15, 0.2) is 11.5 Å². The lowest BCUT2D eigenvalue weighted by Gasteiger charge is -2.30. The zero-order chi connectivity index (χ0) is 13.9. The van der Waals surface area contributed by atoms with Crippen molar-refractivity contribution >= 4 is 10.0 Å². The molecule has 1 heterocycles. The molecule has 0 amide bonds. The van der Waals surface area contributed by atoms with E-state index in [0.717, 1.165) is 6.42 Å². The summed E-state index contributed by atoms with van der Waals surface area (Å²) in [7, 11) is -3.21. The number of nitrogens with zero attached hydrogens (tertiary/aromatic N) is 1. The van der Waals surface area contributed by atoms with Crippen LogP contribution in [0.2, 0.25) is 0 Å². The van der Waals surface area contributed by atoms with E-state index in [0.29, 0.717) is 31.2 Å². The summed E-state index contributed by atoms with van der Waals surface area (Å²) in [5.74, 6) is 1.38. The molecular formula is C13H19NO4S. The number of para-hydroxylation sites is 2. The predicted octanol–water partition coefficient (Wildman–Crippen LogP) is 1.50. The van der Waals surface area contributed by atoms with Gasteiger partial charge in [-0.3, -0.25) is 0 Å². The van der Waals surface area contributed by atoms with Gasteiger partial charge < -0.3 is 9.47 Å². The van der Waals surface area contributed by atoms with Crippen LogP contribution < -0.4 is 9.47 Å². The highest BCUT2D eigenvalue weighted by molar-refractivity contribution is 7.88. The first-order chi connectivity index (χ1) is 9.00. The molecule has 1 aromatic rings. The molecule has 19 heavy (non-hydrogen) atoms. The van der Waals surface area contributed by atoms with Crippen LogP contribution in [0, 0.1) is 0 Å². The highest BCUT2D eigenvalue weighted by atomic mass is 32.2. The van der Waals surface area contributed by atoms with E-state index in [4.69, 9.17) is 9.47 Å². The first-order valence-electron chi connectivity index (χ1n) is 6.34. The van der Waals surface area contributed by atoms with Gasteiger partial charge in [0.05, 0.1) is 12.8 Å². The van der Waals surface area contributed by atoms with Crippen LogP contribution in [-0.2, 0) is 10.0 Å². The third-order valence-corrected chi connectivity index (χ3v) is 4.19. The van der Waals surface area contributed by atoms with Crippen molar-refractivity contribution in [2.45, 2.75) is 19.4 Å². The van der Waals surface area contributed by atoms with Crippen molar-refractivity contribution in [3.8, 4) is 11.5 Å². The molecule has 1 aromatic carbocycles. The van der Waals surface area contributed by atoms with E-state index in [1.165, 1.54) is 10.6 Å². The SMILES string of the molecule is CCCN(CC1COc2ccccc2O1)S(C)(=O)=O. The Morgan fingerprint density at radius 3 is 2.63 bits per heavy atom. The Kier molecular flexibility index (Phi) is 4.31. The molecule has 1 atom stereocenters. The van der Waals surface area contributed by atoms with Crippen molar-refractivity contribution < 1.29 is 17.9 Å². The largest absolute Gasteiger partial charge is 0.486 e. The fourth-order valence-electron chi connectivity index (χ4n) is 2.02. The molecule has 1 aliphatic heterocycles. The lowest BCUT2D eigenvalue weighted by Crippen LogP contribution is -2.43. The normalized spacial score (nSPS) is 18.6. The van der Waals surface area contributed by atoms with Gasteiger partial charge in [-0.15, -0.1) is 0 Å². The molecule has 0 radical (unpaired) electrons. The molecule has 0 fully saturated rings. The summed E-state index contributed by atoms with van der Waals surface area (Å²) in [6, 6.07) is 7.41. The van der Waals surface area contributed by atoms with Crippen LogP contribution in [0.15, 0.2) is 24.3 Å². The average Bonchev–Trinajstić information content (AvgIpc) is 2.37. The first-order valence-corrected chi connectivity index (χ1v) is 8.19. The Bertz CT molecular complexity index is 529. The minimum atomic E-state index is -3.21. The van der Waals surface area contributed by atoms with Crippen molar-refractivity contribution in [1.29, 1.82) is 0 Å².